The lowest BCUT2D eigenvalue weighted by Gasteiger charge is -2.20. The molecule has 32 heavy (non-hydrogen) atoms. The van der Waals surface area contributed by atoms with Crippen LogP contribution in [0.25, 0.3) is 10.2 Å². The number of fused-ring (bicyclic) bond motifs is 1. The van der Waals surface area contributed by atoms with Gasteiger partial charge in [-0.15, -0.1) is 0 Å². The predicted molar refractivity (Wildman–Crippen MR) is 121 cm³/mol. The quantitative estimate of drug-likeness (QED) is 0.293. The number of nitrogens with zero attached hydrogens (tertiary/aromatic N) is 4. The second-order valence-electron chi connectivity index (χ2n) is 7.05. The standard InChI is InChI=1S/C22H16N4O5S/c1-14-6-5-9-19-20(14)23-22(32-19)24(13-15-7-3-2-4-8-15)21(27)16-10-17(25(28)29)12-18(11-16)26(30)31/h2-12H,13H2,1H3. The first kappa shape index (κ1) is 21.1. The van der Waals surface area contributed by atoms with E-state index in [1.807, 2.05) is 55.5 Å². The molecule has 9 nitrogen and oxygen atoms in total. The number of aromatic nitrogens is 1. The highest BCUT2D eigenvalue weighted by molar-refractivity contribution is 7.22. The highest BCUT2D eigenvalue weighted by Gasteiger charge is 2.26. The van der Waals surface area contributed by atoms with Crippen LogP contribution in [0.5, 0.6) is 0 Å². The van der Waals surface area contributed by atoms with E-state index in [9.17, 15) is 25.0 Å². The van der Waals surface area contributed by atoms with Crippen molar-refractivity contribution in [3.8, 4) is 0 Å². The number of carbonyl (C=O) groups is 1. The molecular weight excluding hydrogens is 432 g/mol. The Morgan fingerprint density at radius 2 is 1.62 bits per heavy atom. The molecule has 1 amide bonds. The van der Waals surface area contributed by atoms with E-state index in [0.717, 1.165) is 39.5 Å². The van der Waals surface area contributed by atoms with E-state index in [1.165, 1.54) is 16.2 Å². The summed E-state index contributed by atoms with van der Waals surface area (Å²) in [6.07, 6.45) is 0. The first-order valence-electron chi connectivity index (χ1n) is 9.49. The van der Waals surface area contributed by atoms with Crippen molar-refractivity contribution in [3.05, 3.63) is 104 Å². The maximum absolute atomic E-state index is 13.5. The summed E-state index contributed by atoms with van der Waals surface area (Å²) in [6, 6.07) is 17.8. The lowest BCUT2D eigenvalue weighted by molar-refractivity contribution is -0.394. The summed E-state index contributed by atoms with van der Waals surface area (Å²) in [5, 5.41) is 23.0. The Kier molecular flexibility index (Phi) is 5.61. The number of thiazole rings is 1. The van der Waals surface area contributed by atoms with Crippen molar-refractivity contribution in [2.75, 3.05) is 4.90 Å². The molecule has 0 saturated carbocycles. The molecular formula is C22H16N4O5S. The fourth-order valence-electron chi connectivity index (χ4n) is 3.27. The van der Waals surface area contributed by atoms with Gasteiger partial charge in [0.1, 0.15) is 0 Å². The Balaban J connectivity index is 1.84. The molecule has 0 atom stereocenters. The molecule has 1 heterocycles. The number of amides is 1. The second-order valence-corrected chi connectivity index (χ2v) is 8.06. The molecule has 1 aromatic heterocycles. The van der Waals surface area contributed by atoms with E-state index < -0.39 is 27.1 Å². The number of rotatable bonds is 6. The zero-order chi connectivity index (χ0) is 22.8. The Morgan fingerprint density at radius 3 is 2.22 bits per heavy atom. The smallest absolute Gasteiger partial charge is 0.277 e. The van der Waals surface area contributed by atoms with Crippen LogP contribution in [0, 0.1) is 27.2 Å². The van der Waals surface area contributed by atoms with Crippen molar-refractivity contribution < 1.29 is 14.6 Å². The van der Waals surface area contributed by atoms with Crippen LogP contribution in [-0.2, 0) is 6.54 Å². The number of carbonyl (C=O) groups excluding carboxylic acids is 1. The lowest BCUT2D eigenvalue weighted by Crippen LogP contribution is -2.30. The van der Waals surface area contributed by atoms with Crippen LogP contribution in [0.1, 0.15) is 21.5 Å². The number of hydrogen-bond acceptors (Lipinski definition) is 7. The predicted octanol–water partition coefficient (Wildman–Crippen LogP) is 5.27. The van der Waals surface area contributed by atoms with Crippen LogP contribution >= 0.6 is 11.3 Å². The van der Waals surface area contributed by atoms with E-state index in [0.29, 0.717) is 5.13 Å². The molecule has 0 aliphatic heterocycles. The van der Waals surface area contributed by atoms with Crippen molar-refractivity contribution in [1.29, 1.82) is 0 Å². The SMILES string of the molecule is Cc1cccc2sc(N(Cc3ccccc3)C(=O)c3cc([N+](=O)[O-])cc([N+](=O)[O-])c3)nc12. The van der Waals surface area contributed by atoms with Gasteiger partial charge in [-0.05, 0) is 24.1 Å². The maximum Gasteiger partial charge on any atom is 0.277 e. The van der Waals surface area contributed by atoms with Crippen LogP contribution in [0.3, 0.4) is 0 Å². The minimum atomic E-state index is -0.758. The molecule has 160 valence electrons. The molecule has 0 saturated heterocycles. The van der Waals surface area contributed by atoms with Crippen LogP contribution in [0.15, 0.2) is 66.7 Å². The van der Waals surface area contributed by atoms with Gasteiger partial charge in [-0.3, -0.25) is 29.9 Å². The van der Waals surface area contributed by atoms with Crippen molar-refractivity contribution in [3.63, 3.8) is 0 Å². The zero-order valence-corrected chi connectivity index (χ0v) is 17.6. The molecule has 4 aromatic rings. The van der Waals surface area contributed by atoms with E-state index in [1.54, 1.807) is 0 Å². The number of para-hydroxylation sites is 1. The highest BCUT2D eigenvalue weighted by Crippen LogP contribution is 2.33. The van der Waals surface area contributed by atoms with Gasteiger partial charge in [-0.1, -0.05) is 53.8 Å². The summed E-state index contributed by atoms with van der Waals surface area (Å²) in [5.74, 6) is -0.614. The first-order valence-corrected chi connectivity index (χ1v) is 10.3. The van der Waals surface area contributed by atoms with Gasteiger partial charge in [0.15, 0.2) is 5.13 Å². The van der Waals surface area contributed by atoms with Crippen molar-refractivity contribution >= 4 is 44.0 Å². The van der Waals surface area contributed by atoms with Gasteiger partial charge in [-0.2, -0.15) is 0 Å². The summed E-state index contributed by atoms with van der Waals surface area (Å²) in [4.78, 5) is 40.6. The third-order valence-corrected chi connectivity index (χ3v) is 5.88. The van der Waals surface area contributed by atoms with Crippen molar-refractivity contribution in [2.24, 2.45) is 0 Å². The molecule has 4 rings (SSSR count). The third kappa shape index (κ3) is 4.16. The van der Waals surface area contributed by atoms with Crippen LogP contribution in [-0.4, -0.2) is 20.7 Å². The number of aryl methyl sites for hydroxylation is 1. The Labute approximate surface area is 185 Å². The average Bonchev–Trinajstić information content (AvgIpc) is 3.23. The number of non-ortho nitro benzene ring substituents is 2. The number of anilines is 1. The molecule has 0 spiro atoms. The van der Waals surface area contributed by atoms with Gasteiger partial charge < -0.3 is 0 Å². The normalized spacial score (nSPS) is 10.8. The van der Waals surface area contributed by atoms with Crippen LogP contribution in [0.2, 0.25) is 0 Å². The summed E-state index contributed by atoms with van der Waals surface area (Å²) in [7, 11) is 0. The minimum absolute atomic E-state index is 0.148. The van der Waals surface area contributed by atoms with Gasteiger partial charge >= 0.3 is 0 Å². The topological polar surface area (TPSA) is 119 Å². The molecule has 10 heteroatoms. The highest BCUT2D eigenvalue weighted by atomic mass is 32.1. The Hall–Kier alpha value is -4.18. The number of nitro groups is 2. The molecule has 0 aliphatic carbocycles. The number of benzene rings is 3. The summed E-state index contributed by atoms with van der Waals surface area (Å²) < 4.78 is 0.885. The van der Waals surface area contributed by atoms with E-state index >= 15 is 0 Å². The van der Waals surface area contributed by atoms with Gasteiger partial charge in [0.25, 0.3) is 17.3 Å². The van der Waals surface area contributed by atoms with Gasteiger partial charge in [-0.25, -0.2) is 4.98 Å². The molecule has 0 radical (unpaired) electrons. The molecule has 0 N–H and O–H groups in total. The number of nitro benzene ring substituents is 2. The Morgan fingerprint density at radius 1 is 0.969 bits per heavy atom. The molecule has 0 bridgehead atoms. The Bertz CT molecular complexity index is 1320. The first-order chi connectivity index (χ1) is 15.3. The average molecular weight is 448 g/mol. The zero-order valence-electron chi connectivity index (χ0n) is 16.8. The van der Waals surface area contributed by atoms with Gasteiger partial charge in [0, 0.05) is 12.1 Å². The molecule has 0 fully saturated rings. The lowest BCUT2D eigenvalue weighted by atomic mass is 10.1. The largest absolute Gasteiger partial charge is 0.279 e. The fourth-order valence-corrected chi connectivity index (χ4v) is 4.31. The fraction of sp³-hybridized carbons (Fsp3) is 0.0909. The van der Waals surface area contributed by atoms with Crippen molar-refractivity contribution in [1.82, 2.24) is 4.98 Å². The van der Waals surface area contributed by atoms with E-state index in [-0.39, 0.29) is 12.1 Å². The van der Waals surface area contributed by atoms with Gasteiger partial charge in [0.2, 0.25) is 0 Å². The summed E-state index contributed by atoms with van der Waals surface area (Å²) >= 11 is 1.31. The minimum Gasteiger partial charge on any atom is -0.279 e. The summed E-state index contributed by atoms with van der Waals surface area (Å²) in [5.41, 5.74) is 1.31. The third-order valence-electron chi connectivity index (χ3n) is 4.84. The molecule has 3 aromatic carbocycles. The summed E-state index contributed by atoms with van der Waals surface area (Å²) in [6.45, 7) is 2.06. The maximum atomic E-state index is 13.5. The van der Waals surface area contributed by atoms with Crippen LogP contribution < -0.4 is 4.90 Å². The monoisotopic (exact) mass is 448 g/mol. The van der Waals surface area contributed by atoms with Crippen LogP contribution in [0.4, 0.5) is 16.5 Å². The number of hydrogen-bond donors (Lipinski definition) is 0. The second kappa shape index (κ2) is 8.52. The van der Waals surface area contributed by atoms with Crippen molar-refractivity contribution in [2.45, 2.75) is 13.5 Å². The van der Waals surface area contributed by atoms with E-state index in [2.05, 4.69) is 4.98 Å². The van der Waals surface area contributed by atoms with Gasteiger partial charge in [0.05, 0.1) is 38.2 Å². The molecule has 0 unspecified atom stereocenters. The van der Waals surface area contributed by atoms with E-state index in [4.69, 9.17) is 0 Å². The molecule has 0 aliphatic rings.